The molecule has 9 rings (SSSR count). The number of rotatable bonds is 9. The van der Waals surface area contributed by atoms with Crippen LogP contribution in [-0.4, -0.2) is 52.4 Å². The third-order valence-electron chi connectivity index (χ3n) is 10.1. The van der Waals surface area contributed by atoms with Gasteiger partial charge in [-0.3, -0.25) is 4.79 Å². The summed E-state index contributed by atoms with van der Waals surface area (Å²) in [4.78, 5) is 31.9. The van der Waals surface area contributed by atoms with Gasteiger partial charge in [-0.25, -0.2) is 37.3 Å². The predicted molar refractivity (Wildman–Crippen MR) is 191 cm³/mol. The SMILES string of the molecule is COc1ccc(Cn2nc(-c3ccc(CN4c5nc(-c6c(OC)ncnc6C6CC6)ncc5C5(CC5)S4(=O)=O)cc3)c3ccccc3c2=O)cc1. The Balaban J connectivity index is 1.07. The van der Waals surface area contributed by atoms with Crippen LogP contribution in [0.25, 0.3) is 33.4 Å². The Morgan fingerprint density at radius 1 is 0.843 bits per heavy atom. The van der Waals surface area contributed by atoms with Gasteiger partial charge in [0, 0.05) is 28.6 Å². The number of hydrogen-bond acceptors (Lipinski definition) is 10. The molecule has 0 radical (unpaired) electrons. The molecule has 13 heteroatoms. The molecule has 2 aliphatic carbocycles. The van der Waals surface area contributed by atoms with Gasteiger partial charge < -0.3 is 9.47 Å². The van der Waals surface area contributed by atoms with E-state index in [4.69, 9.17) is 19.6 Å². The van der Waals surface area contributed by atoms with Gasteiger partial charge in [0.25, 0.3) is 5.56 Å². The molecule has 0 amide bonds. The summed E-state index contributed by atoms with van der Waals surface area (Å²) >= 11 is 0. The first-order chi connectivity index (χ1) is 24.8. The van der Waals surface area contributed by atoms with Crippen LogP contribution in [0.4, 0.5) is 5.82 Å². The van der Waals surface area contributed by atoms with Gasteiger partial charge in [-0.15, -0.1) is 0 Å². The molecule has 256 valence electrons. The number of anilines is 1. The molecule has 12 nitrogen and oxygen atoms in total. The molecule has 3 aromatic heterocycles. The minimum Gasteiger partial charge on any atom is -0.497 e. The summed E-state index contributed by atoms with van der Waals surface area (Å²) in [5.41, 5.74) is 5.02. The number of benzene rings is 3. The van der Waals surface area contributed by atoms with Gasteiger partial charge in [0.1, 0.15) is 22.4 Å². The number of aromatic nitrogens is 6. The van der Waals surface area contributed by atoms with E-state index in [1.807, 2.05) is 72.8 Å². The standard InChI is InChI=1S/C38H33N7O5S/c1-49-27-15-9-23(10-16-27)20-44-37(46)29-6-4-3-5-28(29)32(43-44)25-11-7-24(8-12-25)21-45-35-30(38(17-18-38)51(45,47)48)19-39-34(42-35)31-33(26-13-14-26)40-22-41-36(31)50-2/h3-12,15-16,19,22,26H,13-14,17-18,20-21H2,1-2H3. The van der Waals surface area contributed by atoms with E-state index in [0.717, 1.165) is 46.4 Å². The lowest BCUT2D eigenvalue weighted by atomic mass is 10.0. The minimum atomic E-state index is -3.77. The highest BCUT2D eigenvalue weighted by atomic mass is 32.2. The van der Waals surface area contributed by atoms with E-state index in [-0.39, 0.29) is 18.0 Å². The molecule has 6 aromatic rings. The molecule has 3 aromatic carbocycles. The monoisotopic (exact) mass is 699 g/mol. The highest BCUT2D eigenvalue weighted by Crippen LogP contribution is 2.61. The molecule has 4 heterocycles. The summed E-state index contributed by atoms with van der Waals surface area (Å²) in [5.74, 6) is 2.11. The van der Waals surface area contributed by atoms with Crippen molar-refractivity contribution in [2.75, 3.05) is 18.5 Å². The summed E-state index contributed by atoms with van der Waals surface area (Å²) in [6.45, 7) is 0.385. The van der Waals surface area contributed by atoms with Crippen molar-refractivity contribution in [2.45, 2.75) is 49.4 Å². The van der Waals surface area contributed by atoms with Crippen LogP contribution in [0.5, 0.6) is 11.6 Å². The molecule has 1 aliphatic heterocycles. The van der Waals surface area contributed by atoms with Crippen molar-refractivity contribution in [2.24, 2.45) is 0 Å². The molecule has 51 heavy (non-hydrogen) atoms. The van der Waals surface area contributed by atoms with Crippen molar-refractivity contribution in [1.82, 2.24) is 29.7 Å². The van der Waals surface area contributed by atoms with Gasteiger partial charge in [-0.1, -0.05) is 54.6 Å². The van der Waals surface area contributed by atoms with Gasteiger partial charge in [-0.05, 0) is 55.0 Å². The van der Waals surface area contributed by atoms with Crippen LogP contribution in [0.15, 0.2) is 90.1 Å². The smallest absolute Gasteiger partial charge is 0.274 e. The second-order valence-corrected chi connectivity index (χ2v) is 15.4. The second kappa shape index (κ2) is 11.7. The molecule has 1 spiro atoms. The van der Waals surface area contributed by atoms with Gasteiger partial charge in [0.05, 0.1) is 44.1 Å². The number of ether oxygens (including phenoxy) is 2. The summed E-state index contributed by atoms with van der Waals surface area (Å²) < 4.78 is 41.1. The number of hydrogen-bond donors (Lipinski definition) is 0. The Bertz CT molecular complexity index is 2510. The molecule has 2 saturated carbocycles. The van der Waals surface area contributed by atoms with Gasteiger partial charge in [0.2, 0.25) is 15.9 Å². The Hall–Kier alpha value is -5.69. The van der Waals surface area contributed by atoms with Crippen LogP contribution in [0.3, 0.4) is 0 Å². The maximum absolute atomic E-state index is 14.1. The first kappa shape index (κ1) is 31.3. The Morgan fingerprint density at radius 3 is 2.24 bits per heavy atom. The maximum atomic E-state index is 14.1. The van der Waals surface area contributed by atoms with E-state index >= 15 is 0 Å². The zero-order chi connectivity index (χ0) is 34.9. The largest absolute Gasteiger partial charge is 0.497 e. The molecule has 0 bridgehead atoms. The highest BCUT2D eigenvalue weighted by molar-refractivity contribution is 7.94. The maximum Gasteiger partial charge on any atom is 0.274 e. The number of fused-ring (bicyclic) bond motifs is 3. The van der Waals surface area contributed by atoms with Crippen LogP contribution in [0.2, 0.25) is 0 Å². The average molecular weight is 700 g/mol. The second-order valence-electron chi connectivity index (χ2n) is 13.3. The zero-order valence-corrected chi connectivity index (χ0v) is 28.8. The lowest BCUT2D eigenvalue weighted by Gasteiger charge is -2.20. The van der Waals surface area contributed by atoms with Crippen molar-refractivity contribution < 1.29 is 17.9 Å². The number of sulfonamides is 1. The fraction of sp³-hybridized carbons (Fsp3) is 0.263. The average Bonchev–Trinajstić information content (AvgIpc) is 4.10. The Morgan fingerprint density at radius 2 is 1.55 bits per heavy atom. The summed E-state index contributed by atoms with van der Waals surface area (Å²) in [7, 11) is -0.608. The highest BCUT2D eigenvalue weighted by Gasteiger charge is 2.65. The van der Waals surface area contributed by atoms with Crippen molar-refractivity contribution in [3.8, 4) is 34.3 Å². The number of methoxy groups -OCH3 is 2. The van der Waals surface area contributed by atoms with Gasteiger partial charge >= 0.3 is 0 Å². The van der Waals surface area contributed by atoms with E-state index in [1.54, 1.807) is 20.4 Å². The van der Waals surface area contributed by atoms with Crippen molar-refractivity contribution >= 4 is 26.6 Å². The summed E-state index contributed by atoms with van der Waals surface area (Å²) in [5, 5.41) is 6.13. The van der Waals surface area contributed by atoms with Gasteiger partial charge in [-0.2, -0.15) is 5.10 Å². The normalized spacial score (nSPS) is 16.7. The van der Waals surface area contributed by atoms with E-state index in [9.17, 15) is 13.2 Å². The molecule has 3 aliphatic rings. The van der Waals surface area contributed by atoms with Crippen molar-refractivity contribution in [1.29, 1.82) is 0 Å². The lowest BCUT2D eigenvalue weighted by Crippen LogP contribution is -2.31. The molecular formula is C38H33N7O5S. The Labute approximate surface area is 293 Å². The van der Waals surface area contributed by atoms with Crippen molar-refractivity contribution in [3.63, 3.8) is 0 Å². The van der Waals surface area contributed by atoms with Crippen molar-refractivity contribution in [3.05, 3.63) is 118 Å². The zero-order valence-electron chi connectivity index (χ0n) is 28.0. The van der Waals surface area contributed by atoms with Crippen LogP contribution >= 0.6 is 0 Å². The van der Waals surface area contributed by atoms with E-state index in [0.29, 0.717) is 59.1 Å². The Kier molecular flexibility index (Phi) is 7.18. The van der Waals surface area contributed by atoms with Crippen LogP contribution in [0, 0.1) is 0 Å². The van der Waals surface area contributed by atoms with E-state index < -0.39 is 14.8 Å². The molecule has 2 fully saturated rings. The van der Waals surface area contributed by atoms with Crippen LogP contribution in [0.1, 0.15) is 54.0 Å². The molecule has 0 unspecified atom stereocenters. The minimum absolute atomic E-state index is 0.0941. The third kappa shape index (κ3) is 5.05. The first-order valence-electron chi connectivity index (χ1n) is 16.8. The summed E-state index contributed by atoms with van der Waals surface area (Å²) in [6, 6.07) is 22.6. The van der Waals surface area contributed by atoms with E-state index in [1.165, 1.54) is 15.3 Å². The number of nitrogens with zero attached hydrogens (tertiary/aromatic N) is 7. The first-order valence-corrected chi connectivity index (χ1v) is 18.3. The molecular weight excluding hydrogens is 667 g/mol. The van der Waals surface area contributed by atoms with Crippen LogP contribution < -0.4 is 19.3 Å². The molecule has 0 N–H and O–H groups in total. The third-order valence-corrected chi connectivity index (χ3v) is 12.6. The predicted octanol–water partition coefficient (Wildman–Crippen LogP) is 5.59. The quantitative estimate of drug-likeness (QED) is 0.187. The topological polar surface area (TPSA) is 142 Å². The van der Waals surface area contributed by atoms with Crippen LogP contribution in [-0.2, 0) is 27.9 Å². The lowest BCUT2D eigenvalue weighted by molar-refractivity contribution is 0.397. The molecule has 0 saturated heterocycles. The van der Waals surface area contributed by atoms with Gasteiger partial charge in [0.15, 0.2) is 11.6 Å². The fourth-order valence-corrected chi connectivity index (χ4v) is 9.22. The fourth-order valence-electron chi connectivity index (χ4n) is 7.08. The van der Waals surface area contributed by atoms with E-state index in [2.05, 4.69) is 15.0 Å². The summed E-state index contributed by atoms with van der Waals surface area (Å²) in [6.07, 6.45) is 6.20. The molecule has 0 atom stereocenters.